The second-order valence-corrected chi connectivity index (χ2v) is 4.75. The first-order chi connectivity index (χ1) is 9.65. The average molecular weight is 280 g/mol. The summed E-state index contributed by atoms with van der Waals surface area (Å²) in [7, 11) is 3.01. The molecule has 1 unspecified atom stereocenters. The van der Waals surface area contributed by atoms with Crippen molar-refractivity contribution in [2.45, 2.75) is 25.7 Å². The van der Waals surface area contributed by atoms with Crippen LogP contribution in [0.3, 0.4) is 0 Å². The Kier molecular flexibility index (Phi) is 4.98. The predicted molar refractivity (Wildman–Crippen MR) is 72.4 cm³/mol. The van der Waals surface area contributed by atoms with Crippen molar-refractivity contribution in [3.05, 3.63) is 29.8 Å². The zero-order chi connectivity index (χ0) is 14.5. The smallest absolute Gasteiger partial charge is 0.311 e. The molecule has 20 heavy (non-hydrogen) atoms. The summed E-state index contributed by atoms with van der Waals surface area (Å²) in [6.45, 7) is 2.37. The summed E-state index contributed by atoms with van der Waals surface area (Å²) in [4.78, 5) is 11.6. The van der Waals surface area contributed by atoms with Gasteiger partial charge >= 0.3 is 5.97 Å². The van der Waals surface area contributed by atoms with Crippen LogP contribution in [0.25, 0.3) is 0 Å². The maximum Gasteiger partial charge on any atom is 0.311 e. The van der Waals surface area contributed by atoms with Crippen molar-refractivity contribution in [3.8, 4) is 5.75 Å². The molecule has 1 fully saturated rings. The van der Waals surface area contributed by atoms with Gasteiger partial charge in [0.2, 0.25) is 0 Å². The van der Waals surface area contributed by atoms with Crippen LogP contribution < -0.4 is 4.74 Å². The Hall–Kier alpha value is -1.59. The van der Waals surface area contributed by atoms with Gasteiger partial charge in [0.25, 0.3) is 0 Å². The molecule has 1 aliphatic rings. The molecule has 3 atom stereocenters. The number of hydrogen-bond acceptors (Lipinski definition) is 5. The molecule has 1 aliphatic heterocycles. The normalized spacial score (nSPS) is 23.9. The monoisotopic (exact) mass is 280 g/mol. The second kappa shape index (κ2) is 6.72. The number of hydrogen-bond donors (Lipinski definition) is 0. The Morgan fingerprint density at radius 1 is 1.30 bits per heavy atom. The van der Waals surface area contributed by atoms with Crippen molar-refractivity contribution in [2.24, 2.45) is 5.92 Å². The van der Waals surface area contributed by atoms with Gasteiger partial charge in [0.1, 0.15) is 5.75 Å². The van der Waals surface area contributed by atoms with Crippen molar-refractivity contribution in [3.63, 3.8) is 0 Å². The van der Waals surface area contributed by atoms with Crippen molar-refractivity contribution >= 4 is 5.97 Å². The Morgan fingerprint density at radius 2 is 2.00 bits per heavy atom. The van der Waals surface area contributed by atoms with Crippen LogP contribution in [-0.4, -0.2) is 32.9 Å². The third-order valence-electron chi connectivity index (χ3n) is 3.49. The lowest BCUT2D eigenvalue weighted by molar-refractivity contribution is -0.229. The molecule has 5 nitrogen and oxygen atoms in total. The summed E-state index contributed by atoms with van der Waals surface area (Å²) in [5, 5.41) is 0. The molecule has 0 spiro atoms. The second-order valence-electron chi connectivity index (χ2n) is 4.75. The molecular weight excluding hydrogens is 260 g/mol. The molecule has 110 valence electrons. The standard InChI is InChI=1S/C15H20O5/c1-10(14(16)18-3)13-8-9-19-15(20-13)11-4-6-12(17-2)7-5-11/h4-7,10,13,15H,8-9H2,1-3H3/t10-,13+,15?/m0/s1. The molecule has 0 bridgehead atoms. The SMILES string of the molecule is COC(=O)[C@@H](C)[C@H]1CCOC(c2ccc(OC)cc2)O1. The minimum Gasteiger partial charge on any atom is -0.497 e. The number of rotatable bonds is 4. The van der Waals surface area contributed by atoms with Crippen molar-refractivity contribution in [1.29, 1.82) is 0 Å². The molecule has 0 amide bonds. The largest absolute Gasteiger partial charge is 0.497 e. The van der Waals surface area contributed by atoms with E-state index in [1.54, 1.807) is 7.11 Å². The van der Waals surface area contributed by atoms with Crippen LogP contribution in [0.4, 0.5) is 0 Å². The number of carbonyl (C=O) groups excluding carboxylic acids is 1. The van der Waals surface area contributed by atoms with Crippen molar-refractivity contribution < 1.29 is 23.7 Å². The van der Waals surface area contributed by atoms with Crippen LogP contribution in [0.2, 0.25) is 0 Å². The van der Waals surface area contributed by atoms with E-state index in [1.807, 2.05) is 31.2 Å². The van der Waals surface area contributed by atoms with E-state index in [1.165, 1.54) is 7.11 Å². The first-order valence-corrected chi connectivity index (χ1v) is 6.64. The Morgan fingerprint density at radius 3 is 2.60 bits per heavy atom. The van der Waals surface area contributed by atoms with Crippen LogP contribution in [0, 0.1) is 5.92 Å². The molecule has 1 aromatic rings. The van der Waals surface area contributed by atoms with Crippen LogP contribution >= 0.6 is 0 Å². The van der Waals surface area contributed by atoms with E-state index in [0.717, 1.165) is 11.3 Å². The fourth-order valence-corrected chi connectivity index (χ4v) is 2.20. The van der Waals surface area contributed by atoms with E-state index in [4.69, 9.17) is 18.9 Å². The summed E-state index contributed by atoms with van der Waals surface area (Å²) in [6.07, 6.45) is 0.0400. The molecular formula is C15H20O5. The Balaban J connectivity index is 2.04. The number of ether oxygens (including phenoxy) is 4. The summed E-state index contributed by atoms with van der Waals surface area (Å²) in [5.74, 6) is 0.221. The average Bonchev–Trinajstić information content (AvgIpc) is 2.53. The summed E-state index contributed by atoms with van der Waals surface area (Å²) >= 11 is 0. The quantitative estimate of drug-likeness (QED) is 0.792. The van der Waals surface area contributed by atoms with E-state index in [-0.39, 0.29) is 18.0 Å². The molecule has 1 aromatic carbocycles. The van der Waals surface area contributed by atoms with Gasteiger partial charge in [-0.3, -0.25) is 4.79 Å². The van der Waals surface area contributed by atoms with Crippen LogP contribution in [-0.2, 0) is 19.0 Å². The maximum atomic E-state index is 11.6. The lowest BCUT2D eigenvalue weighted by Crippen LogP contribution is -2.36. The molecule has 0 aromatic heterocycles. The summed E-state index contributed by atoms with van der Waals surface area (Å²) in [6, 6.07) is 7.51. The molecule has 0 radical (unpaired) electrons. The maximum absolute atomic E-state index is 11.6. The highest BCUT2D eigenvalue weighted by Crippen LogP contribution is 2.30. The molecule has 0 saturated carbocycles. The molecule has 1 heterocycles. The van der Waals surface area contributed by atoms with E-state index in [2.05, 4.69) is 0 Å². The van der Waals surface area contributed by atoms with Gasteiger partial charge in [-0.2, -0.15) is 0 Å². The van der Waals surface area contributed by atoms with Gasteiger partial charge < -0.3 is 18.9 Å². The first kappa shape index (κ1) is 14.8. The van der Waals surface area contributed by atoms with Crippen LogP contribution in [0.1, 0.15) is 25.2 Å². The first-order valence-electron chi connectivity index (χ1n) is 6.64. The number of carbonyl (C=O) groups is 1. The van der Waals surface area contributed by atoms with Gasteiger partial charge in [0.05, 0.1) is 32.8 Å². The summed E-state index contributed by atoms with van der Waals surface area (Å²) < 4.78 is 21.4. The molecule has 1 saturated heterocycles. The predicted octanol–water partition coefficient (Wildman–Crippen LogP) is 2.31. The third kappa shape index (κ3) is 3.29. The fraction of sp³-hybridized carbons (Fsp3) is 0.533. The minimum atomic E-state index is -0.452. The number of esters is 1. The highest BCUT2D eigenvalue weighted by molar-refractivity contribution is 5.72. The highest BCUT2D eigenvalue weighted by Gasteiger charge is 2.32. The van der Waals surface area contributed by atoms with Crippen LogP contribution in [0.15, 0.2) is 24.3 Å². The fourth-order valence-electron chi connectivity index (χ4n) is 2.20. The Bertz CT molecular complexity index is 442. The van der Waals surface area contributed by atoms with Gasteiger partial charge in [-0.15, -0.1) is 0 Å². The van der Waals surface area contributed by atoms with E-state index in [0.29, 0.717) is 13.0 Å². The number of methoxy groups -OCH3 is 2. The minimum absolute atomic E-state index is 0.191. The van der Waals surface area contributed by atoms with Gasteiger partial charge in [-0.05, 0) is 25.5 Å². The van der Waals surface area contributed by atoms with Gasteiger partial charge in [-0.1, -0.05) is 12.1 Å². The Labute approximate surface area is 118 Å². The molecule has 5 heteroatoms. The van der Waals surface area contributed by atoms with Crippen molar-refractivity contribution in [2.75, 3.05) is 20.8 Å². The molecule has 0 aliphatic carbocycles. The van der Waals surface area contributed by atoms with Gasteiger partial charge in [-0.25, -0.2) is 0 Å². The van der Waals surface area contributed by atoms with Crippen molar-refractivity contribution in [1.82, 2.24) is 0 Å². The van der Waals surface area contributed by atoms with Gasteiger partial charge in [0, 0.05) is 5.56 Å². The third-order valence-corrected chi connectivity index (χ3v) is 3.49. The molecule has 2 rings (SSSR count). The zero-order valence-corrected chi connectivity index (χ0v) is 12.0. The number of benzene rings is 1. The summed E-state index contributed by atoms with van der Waals surface area (Å²) in [5.41, 5.74) is 0.910. The van der Waals surface area contributed by atoms with E-state index in [9.17, 15) is 4.79 Å². The lowest BCUT2D eigenvalue weighted by Gasteiger charge is -2.32. The lowest BCUT2D eigenvalue weighted by atomic mass is 10.0. The van der Waals surface area contributed by atoms with Gasteiger partial charge in [0.15, 0.2) is 6.29 Å². The van der Waals surface area contributed by atoms with E-state index >= 15 is 0 Å². The zero-order valence-electron chi connectivity index (χ0n) is 12.0. The highest BCUT2D eigenvalue weighted by atomic mass is 16.7. The van der Waals surface area contributed by atoms with Crippen LogP contribution in [0.5, 0.6) is 5.75 Å². The molecule has 0 N–H and O–H groups in total. The van der Waals surface area contributed by atoms with E-state index < -0.39 is 6.29 Å². The topological polar surface area (TPSA) is 54.0 Å².